The Morgan fingerprint density at radius 1 is 1.67 bits per heavy atom. The molecule has 0 aliphatic carbocycles. The third kappa shape index (κ3) is 3.17. The molecule has 0 aliphatic rings. The van der Waals surface area contributed by atoms with Gasteiger partial charge in [-0.2, -0.15) is 0 Å². The molecule has 1 aromatic rings. The van der Waals surface area contributed by atoms with E-state index < -0.39 is 11.9 Å². The molecule has 15 heavy (non-hydrogen) atoms. The van der Waals surface area contributed by atoms with Gasteiger partial charge in [-0.25, -0.2) is 4.98 Å². The summed E-state index contributed by atoms with van der Waals surface area (Å²) < 4.78 is 0. The van der Waals surface area contributed by atoms with Crippen molar-refractivity contribution in [1.29, 1.82) is 0 Å². The quantitative estimate of drug-likeness (QED) is 0.756. The molecule has 0 aliphatic heterocycles. The Bertz CT molecular complexity index is 361. The molecule has 5 nitrogen and oxygen atoms in total. The Morgan fingerprint density at radius 3 is 2.87 bits per heavy atom. The number of carboxylic acid groups (broad SMARTS) is 1. The number of thiazole rings is 1. The van der Waals surface area contributed by atoms with Gasteiger partial charge in [-0.15, -0.1) is 17.9 Å². The SMILES string of the molecule is C=CCN(CC(=O)O)C(=O)c1cscn1. The molecule has 0 fully saturated rings. The van der Waals surface area contributed by atoms with Crippen molar-refractivity contribution in [2.45, 2.75) is 0 Å². The van der Waals surface area contributed by atoms with E-state index in [-0.39, 0.29) is 18.8 Å². The summed E-state index contributed by atoms with van der Waals surface area (Å²) in [5.41, 5.74) is 1.79. The predicted molar refractivity (Wildman–Crippen MR) is 55.9 cm³/mol. The third-order valence-electron chi connectivity index (χ3n) is 1.61. The van der Waals surface area contributed by atoms with Crippen LogP contribution in [0.3, 0.4) is 0 Å². The summed E-state index contributed by atoms with van der Waals surface area (Å²) in [6.45, 7) is 3.32. The van der Waals surface area contributed by atoms with Crippen molar-refractivity contribution in [3.05, 3.63) is 29.2 Å². The smallest absolute Gasteiger partial charge is 0.323 e. The van der Waals surface area contributed by atoms with Gasteiger partial charge in [-0.1, -0.05) is 6.08 Å². The maximum Gasteiger partial charge on any atom is 0.323 e. The van der Waals surface area contributed by atoms with Crippen LogP contribution in [0.15, 0.2) is 23.5 Å². The molecule has 0 saturated heterocycles. The Hall–Kier alpha value is -1.69. The first kappa shape index (κ1) is 11.4. The second-order valence-corrected chi connectivity index (χ2v) is 3.46. The highest BCUT2D eigenvalue weighted by Gasteiger charge is 2.18. The van der Waals surface area contributed by atoms with Gasteiger partial charge in [0.05, 0.1) is 5.51 Å². The minimum atomic E-state index is -1.06. The number of nitrogens with zero attached hydrogens (tertiary/aromatic N) is 2. The van der Waals surface area contributed by atoms with Gasteiger partial charge < -0.3 is 10.0 Å². The zero-order valence-electron chi connectivity index (χ0n) is 7.92. The Labute approximate surface area is 90.7 Å². The van der Waals surface area contributed by atoms with Gasteiger partial charge in [-0.3, -0.25) is 9.59 Å². The highest BCUT2D eigenvalue weighted by Crippen LogP contribution is 2.05. The molecule has 0 spiro atoms. The van der Waals surface area contributed by atoms with Gasteiger partial charge in [0.15, 0.2) is 0 Å². The van der Waals surface area contributed by atoms with Gasteiger partial charge in [0.1, 0.15) is 12.2 Å². The van der Waals surface area contributed by atoms with Crippen LogP contribution in [0.4, 0.5) is 0 Å². The zero-order chi connectivity index (χ0) is 11.3. The van der Waals surface area contributed by atoms with E-state index in [0.717, 1.165) is 0 Å². The third-order valence-corrected chi connectivity index (χ3v) is 2.20. The number of carbonyl (C=O) groups is 2. The molecule has 0 aromatic carbocycles. The first-order valence-electron chi connectivity index (χ1n) is 4.15. The van der Waals surface area contributed by atoms with Crippen molar-refractivity contribution >= 4 is 23.2 Å². The molecule has 0 atom stereocenters. The molecule has 0 unspecified atom stereocenters. The average molecular weight is 226 g/mol. The summed E-state index contributed by atoms with van der Waals surface area (Å²) in [5.74, 6) is -1.45. The normalized spacial score (nSPS) is 9.60. The maximum atomic E-state index is 11.7. The molecular weight excluding hydrogens is 216 g/mol. The number of amides is 1. The predicted octanol–water partition coefficient (Wildman–Crippen LogP) is 0.856. The number of hydrogen-bond acceptors (Lipinski definition) is 4. The lowest BCUT2D eigenvalue weighted by molar-refractivity contribution is -0.137. The molecule has 1 aromatic heterocycles. The van der Waals surface area contributed by atoms with Gasteiger partial charge in [-0.05, 0) is 0 Å². The van der Waals surface area contributed by atoms with Crippen LogP contribution in [0.2, 0.25) is 0 Å². The van der Waals surface area contributed by atoms with Crippen LogP contribution in [-0.4, -0.2) is 40.0 Å². The van der Waals surface area contributed by atoms with E-state index in [2.05, 4.69) is 11.6 Å². The molecule has 0 radical (unpaired) electrons. The van der Waals surface area contributed by atoms with Gasteiger partial charge in [0.25, 0.3) is 5.91 Å². The van der Waals surface area contributed by atoms with E-state index in [1.165, 1.54) is 27.8 Å². The van der Waals surface area contributed by atoms with Crippen LogP contribution in [-0.2, 0) is 4.79 Å². The minimum Gasteiger partial charge on any atom is -0.480 e. The number of carboxylic acids is 1. The molecule has 6 heteroatoms. The van der Waals surface area contributed by atoms with Gasteiger partial charge in [0.2, 0.25) is 0 Å². The molecule has 0 bridgehead atoms. The summed E-state index contributed by atoms with van der Waals surface area (Å²) in [7, 11) is 0. The fraction of sp³-hybridized carbons (Fsp3) is 0.222. The highest BCUT2D eigenvalue weighted by molar-refractivity contribution is 7.07. The van der Waals surface area contributed by atoms with E-state index in [4.69, 9.17) is 5.11 Å². The van der Waals surface area contributed by atoms with Gasteiger partial charge in [0, 0.05) is 11.9 Å². The standard InChI is InChI=1S/C9H10N2O3S/c1-2-3-11(4-8(12)13)9(14)7-5-15-6-10-7/h2,5-6H,1,3-4H2,(H,12,13). The second kappa shape index (κ2) is 5.26. The summed E-state index contributed by atoms with van der Waals surface area (Å²) in [4.78, 5) is 27.2. The highest BCUT2D eigenvalue weighted by atomic mass is 32.1. The van der Waals surface area contributed by atoms with Crippen LogP contribution < -0.4 is 0 Å². The lowest BCUT2D eigenvalue weighted by Crippen LogP contribution is -2.35. The average Bonchev–Trinajstić information content (AvgIpc) is 2.68. The van der Waals surface area contributed by atoms with Crippen LogP contribution in [0.5, 0.6) is 0 Å². The number of carbonyl (C=O) groups excluding carboxylic acids is 1. The number of rotatable bonds is 5. The van der Waals surface area contributed by atoms with Crippen LogP contribution >= 0.6 is 11.3 Å². The monoisotopic (exact) mass is 226 g/mol. The molecule has 1 amide bonds. The summed E-state index contributed by atoms with van der Waals surface area (Å²) in [6, 6.07) is 0. The summed E-state index contributed by atoms with van der Waals surface area (Å²) >= 11 is 1.29. The Morgan fingerprint density at radius 2 is 2.40 bits per heavy atom. The summed E-state index contributed by atoms with van der Waals surface area (Å²) in [5, 5.41) is 10.2. The Balaban J connectivity index is 2.75. The zero-order valence-corrected chi connectivity index (χ0v) is 8.74. The topological polar surface area (TPSA) is 70.5 Å². The van der Waals surface area contributed by atoms with Crippen molar-refractivity contribution in [2.75, 3.05) is 13.1 Å². The molecule has 80 valence electrons. The van der Waals surface area contributed by atoms with Crippen molar-refractivity contribution in [3.8, 4) is 0 Å². The molecule has 0 saturated carbocycles. The number of hydrogen-bond donors (Lipinski definition) is 1. The van der Waals surface area contributed by atoms with Crippen LogP contribution in [0, 0.1) is 0 Å². The van der Waals surface area contributed by atoms with Crippen molar-refractivity contribution in [1.82, 2.24) is 9.88 Å². The van der Waals surface area contributed by atoms with Crippen molar-refractivity contribution < 1.29 is 14.7 Å². The summed E-state index contributed by atoms with van der Waals surface area (Å²) in [6.07, 6.45) is 1.48. The lowest BCUT2D eigenvalue weighted by atomic mass is 10.3. The van der Waals surface area contributed by atoms with E-state index in [9.17, 15) is 9.59 Å². The second-order valence-electron chi connectivity index (χ2n) is 2.74. The van der Waals surface area contributed by atoms with E-state index >= 15 is 0 Å². The van der Waals surface area contributed by atoms with Crippen LogP contribution in [0.25, 0.3) is 0 Å². The van der Waals surface area contributed by atoms with Crippen molar-refractivity contribution in [3.63, 3.8) is 0 Å². The number of aliphatic carboxylic acids is 1. The maximum absolute atomic E-state index is 11.7. The fourth-order valence-corrected chi connectivity index (χ4v) is 1.54. The largest absolute Gasteiger partial charge is 0.480 e. The number of aromatic nitrogens is 1. The van der Waals surface area contributed by atoms with E-state index in [0.29, 0.717) is 0 Å². The van der Waals surface area contributed by atoms with Gasteiger partial charge >= 0.3 is 5.97 Å². The first-order valence-corrected chi connectivity index (χ1v) is 5.09. The first-order chi connectivity index (χ1) is 7.15. The fourth-order valence-electron chi connectivity index (χ4n) is 1.02. The Kier molecular flexibility index (Phi) is 3.99. The lowest BCUT2D eigenvalue weighted by Gasteiger charge is -2.17. The molecular formula is C9H10N2O3S. The van der Waals surface area contributed by atoms with Crippen LogP contribution in [0.1, 0.15) is 10.5 Å². The van der Waals surface area contributed by atoms with E-state index in [1.807, 2.05) is 0 Å². The minimum absolute atomic E-state index is 0.197. The van der Waals surface area contributed by atoms with E-state index in [1.54, 1.807) is 5.38 Å². The molecule has 1 N–H and O–H groups in total. The molecule has 1 heterocycles. The molecule has 1 rings (SSSR count). The van der Waals surface area contributed by atoms with Crippen molar-refractivity contribution in [2.24, 2.45) is 0 Å².